The number of hydrogen-bond donors (Lipinski definition) is 1. The van der Waals surface area contributed by atoms with Gasteiger partial charge in [-0.05, 0) is 22.0 Å². The number of halogens is 2. The zero-order valence-electron chi connectivity index (χ0n) is 9.58. The summed E-state index contributed by atoms with van der Waals surface area (Å²) in [6.07, 6.45) is 0.473. The lowest BCUT2D eigenvalue weighted by atomic mass is 10.1. The van der Waals surface area contributed by atoms with Crippen LogP contribution in [0, 0.1) is 5.82 Å². The quantitative estimate of drug-likeness (QED) is 0.793. The molecule has 6 heteroatoms. The molecule has 1 aromatic carbocycles. The van der Waals surface area contributed by atoms with E-state index in [0.717, 1.165) is 23.7 Å². The predicted molar refractivity (Wildman–Crippen MR) is 75.8 cm³/mol. The Balaban J connectivity index is 2.09. The van der Waals surface area contributed by atoms with Gasteiger partial charge in [0.05, 0.1) is 15.8 Å². The van der Waals surface area contributed by atoms with Gasteiger partial charge in [0.2, 0.25) is 5.91 Å². The molecule has 1 fully saturated rings. The molecule has 3 nitrogen and oxygen atoms in total. The molecule has 1 aromatic rings. The van der Waals surface area contributed by atoms with E-state index in [1.54, 1.807) is 6.07 Å². The fourth-order valence-corrected chi connectivity index (χ4v) is 3.84. The number of nitrogens with zero attached hydrogens (tertiary/aromatic N) is 1. The standard InChI is InChI=1S/C12H12BrFN2OS/c13-8-4-10-11(5-9(8)14)16-1-2-18-6-7(16)3-12(17)15-10/h4-5,7H,1-3,6H2,(H,15,17). The van der Waals surface area contributed by atoms with Gasteiger partial charge in [0.1, 0.15) is 5.82 Å². The predicted octanol–water partition coefficient (Wildman–Crippen LogP) is 2.85. The molecule has 3 rings (SSSR count). The van der Waals surface area contributed by atoms with Gasteiger partial charge in [0.15, 0.2) is 0 Å². The molecule has 96 valence electrons. The number of thioether (sulfide) groups is 1. The van der Waals surface area contributed by atoms with Crippen molar-refractivity contribution in [3.63, 3.8) is 0 Å². The summed E-state index contributed by atoms with van der Waals surface area (Å²) in [5.41, 5.74) is 1.49. The van der Waals surface area contributed by atoms with Crippen molar-refractivity contribution in [2.75, 3.05) is 28.3 Å². The van der Waals surface area contributed by atoms with Gasteiger partial charge in [-0.25, -0.2) is 4.39 Å². The summed E-state index contributed by atoms with van der Waals surface area (Å²) in [7, 11) is 0. The van der Waals surface area contributed by atoms with Gasteiger partial charge >= 0.3 is 0 Å². The Kier molecular flexibility index (Phi) is 3.23. The summed E-state index contributed by atoms with van der Waals surface area (Å²) < 4.78 is 14.1. The average Bonchev–Trinajstić information content (AvgIpc) is 2.46. The third kappa shape index (κ3) is 2.12. The van der Waals surface area contributed by atoms with Crippen LogP contribution in [0.15, 0.2) is 16.6 Å². The number of carbonyl (C=O) groups is 1. The fraction of sp³-hybridized carbons (Fsp3) is 0.417. The van der Waals surface area contributed by atoms with Crippen LogP contribution in [0.4, 0.5) is 15.8 Å². The summed E-state index contributed by atoms with van der Waals surface area (Å²) in [6, 6.07) is 3.33. The molecule has 1 unspecified atom stereocenters. The maximum absolute atomic E-state index is 13.7. The second-order valence-electron chi connectivity index (χ2n) is 4.46. The van der Waals surface area contributed by atoms with Crippen LogP contribution in [0.5, 0.6) is 0 Å². The van der Waals surface area contributed by atoms with Crippen LogP contribution < -0.4 is 10.2 Å². The van der Waals surface area contributed by atoms with E-state index in [1.165, 1.54) is 6.07 Å². The molecule has 1 atom stereocenters. The smallest absolute Gasteiger partial charge is 0.226 e. The summed E-state index contributed by atoms with van der Waals surface area (Å²) in [4.78, 5) is 14.0. The van der Waals surface area contributed by atoms with Crippen LogP contribution in [-0.2, 0) is 4.79 Å². The minimum absolute atomic E-state index is 0.00441. The van der Waals surface area contributed by atoms with Gasteiger partial charge < -0.3 is 10.2 Å². The van der Waals surface area contributed by atoms with Gasteiger partial charge in [0.25, 0.3) is 0 Å². The van der Waals surface area contributed by atoms with Gasteiger partial charge in [-0.2, -0.15) is 11.8 Å². The highest BCUT2D eigenvalue weighted by Crippen LogP contribution is 2.37. The maximum Gasteiger partial charge on any atom is 0.226 e. The molecule has 0 aliphatic carbocycles. The largest absolute Gasteiger partial charge is 0.365 e. The molecule has 0 bridgehead atoms. The Bertz CT molecular complexity index is 511. The SMILES string of the molecule is O=C1CC2CSCCN2c2cc(F)c(Br)cc2N1. The minimum Gasteiger partial charge on any atom is -0.365 e. The van der Waals surface area contributed by atoms with Crippen molar-refractivity contribution >= 4 is 45.0 Å². The highest BCUT2D eigenvalue weighted by Gasteiger charge is 2.31. The highest BCUT2D eigenvalue weighted by atomic mass is 79.9. The maximum atomic E-state index is 13.7. The second-order valence-corrected chi connectivity index (χ2v) is 6.46. The van der Waals surface area contributed by atoms with Crippen molar-refractivity contribution in [2.45, 2.75) is 12.5 Å². The minimum atomic E-state index is -0.290. The molecule has 0 spiro atoms. The molecule has 0 radical (unpaired) electrons. The molecule has 2 heterocycles. The van der Waals surface area contributed by atoms with Crippen LogP contribution in [0.1, 0.15) is 6.42 Å². The average molecular weight is 331 g/mol. The molecular formula is C12H12BrFN2OS. The Hall–Kier alpha value is -0.750. The Labute approximate surface area is 117 Å². The molecule has 0 saturated carbocycles. The van der Waals surface area contributed by atoms with E-state index in [-0.39, 0.29) is 17.8 Å². The number of rotatable bonds is 0. The lowest BCUT2D eigenvalue weighted by molar-refractivity contribution is -0.116. The van der Waals surface area contributed by atoms with E-state index in [2.05, 4.69) is 26.1 Å². The summed E-state index contributed by atoms with van der Waals surface area (Å²) in [6.45, 7) is 0.859. The van der Waals surface area contributed by atoms with Crippen LogP contribution in [0.3, 0.4) is 0 Å². The van der Waals surface area contributed by atoms with E-state index >= 15 is 0 Å². The molecule has 1 N–H and O–H groups in total. The number of benzene rings is 1. The van der Waals surface area contributed by atoms with Crippen molar-refractivity contribution in [1.29, 1.82) is 0 Å². The van der Waals surface area contributed by atoms with Crippen molar-refractivity contribution in [3.05, 3.63) is 22.4 Å². The molecule has 1 saturated heterocycles. The zero-order valence-corrected chi connectivity index (χ0v) is 12.0. The number of amides is 1. The topological polar surface area (TPSA) is 32.3 Å². The summed E-state index contributed by atoms with van der Waals surface area (Å²) in [5.74, 6) is 1.65. The van der Waals surface area contributed by atoms with E-state index in [4.69, 9.17) is 0 Å². The zero-order chi connectivity index (χ0) is 12.7. The first kappa shape index (κ1) is 12.3. The Morgan fingerprint density at radius 1 is 1.50 bits per heavy atom. The monoisotopic (exact) mass is 330 g/mol. The summed E-state index contributed by atoms with van der Waals surface area (Å²) in [5, 5.41) is 2.86. The normalized spacial score (nSPS) is 22.9. The molecule has 1 amide bonds. The number of hydrogen-bond acceptors (Lipinski definition) is 3. The first-order valence-corrected chi connectivity index (χ1v) is 7.73. The molecule has 2 aliphatic heterocycles. The van der Waals surface area contributed by atoms with Crippen LogP contribution in [-0.4, -0.2) is 30.0 Å². The van der Waals surface area contributed by atoms with E-state index in [0.29, 0.717) is 16.6 Å². The van der Waals surface area contributed by atoms with E-state index in [9.17, 15) is 9.18 Å². The second kappa shape index (κ2) is 4.74. The van der Waals surface area contributed by atoms with E-state index in [1.807, 2.05) is 11.8 Å². The van der Waals surface area contributed by atoms with Crippen LogP contribution in [0.2, 0.25) is 0 Å². The summed E-state index contributed by atoms with van der Waals surface area (Å²) >= 11 is 5.01. The number of nitrogens with one attached hydrogen (secondary N) is 1. The fourth-order valence-electron chi connectivity index (χ4n) is 2.43. The van der Waals surface area contributed by atoms with Gasteiger partial charge in [-0.1, -0.05) is 0 Å². The van der Waals surface area contributed by atoms with Crippen molar-refractivity contribution < 1.29 is 9.18 Å². The number of carbonyl (C=O) groups excluding carboxylic acids is 1. The van der Waals surface area contributed by atoms with Crippen LogP contribution in [0.25, 0.3) is 0 Å². The van der Waals surface area contributed by atoms with Crippen molar-refractivity contribution in [1.82, 2.24) is 0 Å². The molecule has 18 heavy (non-hydrogen) atoms. The Morgan fingerprint density at radius 3 is 3.17 bits per heavy atom. The molecule has 0 aromatic heterocycles. The third-order valence-electron chi connectivity index (χ3n) is 3.27. The van der Waals surface area contributed by atoms with Crippen molar-refractivity contribution in [3.8, 4) is 0 Å². The first-order chi connectivity index (χ1) is 8.65. The van der Waals surface area contributed by atoms with Crippen LogP contribution >= 0.6 is 27.7 Å². The molecular weight excluding hydrogens is 319 g/mol. The Morgan fingerprint density at radius 2 is 2.33 bits per heavy atom. The van der Waals surface area contributed by atoms with Gasteiger partial charge in [-0.3, -0.25) is 4.79 Å². The highest BCUT2D eigenvalue weighted by molar-refractivity contribution is 9.10. The third-order valence-corrected chi connectivity index (χ3v) is 4.97. The van der Waals surface area contributed by atoms with Gasteiger partial charge in [-0.15, -0.1) is 0 Å². The van der Waals surface area contributed by atoms with E-state index < -0.39 is 0 Å². The number of fused-ring (bicyclic) bond motifs is 3. The first-order valence-electron chi connectivity index (χ1n) is 5.78. The lowest BCUT2D eigenvalue weighted by Gasteiger charge is -2.35. The lowest BCUT2D eigenvalue weighted by Crippen LogP contribution is -2.42. The number of anilines is 2. The molecule has 2 aliphatic rings. The van der Waals surface area contributed by atoms with Gasteiger partial charge in [0, 0.05) is 36.6 Å². The van der Waals surface area contributed by atoms with Crippen molar-refractivity contribution in [2.24, 2.45) is 0 Å².